The second kappa shape index (κ2) is 4.96. The summed E-state index contributed by atoms with van der Waals surface area (Å²) in [6.07, 6.45) is 0. The lowest BCUT2D eigenvalue weighted by atomic mass is 10.2. The standard InChI is InChI=1S/C11H16FNO/c1-9-4-5-10(12)11(8-9)14-7-6-13(2)3/h4-5,8H,6-7H2,1-3H3. The molecule has 0 fully saturated rings. The number of likely N-dealkylation sites (N-methyl/N-ethyl adjacent to an activating group) is 1. The number of rotatable bonds is 4. The fraction of sp³-hybridized carbons (Fsp3) is 0.455. The van der Waals surface area contributed by atoms with Gasteiger partial charge in [-0.15, -0.1) is 0 Å². The Labute approximate surface area is 84.3 Å². The first-order chi connectivity index (χ1) is 6.59. The molecule has 0 unspecified atom stereocenters. The molecule has 0 aromatic heterocycles. The van der Waals surface area contributed by atoms with Crippen LogP contribution in [0.2, 0.25) is 0 Å². The van der Waals surface area contributed by atoms with E-state index < -0.39 is 0 Å². The zero-order chi connectivity index (χ0) is 10.6. The van der Waals surface area contributed by atoms with Gasteiger partial charge < -0.3 is 9.64 Å². The largest absolute Gasteiger partial charge is 0.489 e. The molecule has 0 saturated heterocycles. The molecule has 0 amide bonds. The average molecular weight is 197 g/mol. The van der Waals surface area contributed by atoms with Crippen LogP contribution >= 0.6 is 0 Å². The third-order valence-electron chi connectivity index (χ3n) is 1.88. The Morgan fingerprint density at radius 2 is 2.07 bits per heavy atom. The lowest BCUT2D eigenvalue weighted by molar-refractivity contribution is 0.252. The smallest absolute Gasteiger partial charge is 0.165 e. The lowest BCUT2D eigenvalue weighted by Gasteiger charge is -2.11. The van der Waals surface area contributed by atoms with Crippen molar-refractivity contribution in [2.24, 2.45) is 0 Å². The van der Waals surface area contributed by atoms with Gasteiger partial charge in [-0.1, -0.05) is 6.07 Å². The fourth-order valence-electron chi connectivity index (χ4n) is 1.06. The molecule has 0 bridgehead atoms. The molecule has 0 radical (unpaired) electrons. The predicted molar refractivity (Wildman–Crippen MR) is 55.2 cm³/mol. The second-order valence-electron chi connectivity index (χ2n) is 3.59. The number of benzene rings is 1. The van der Waals surface area contributed by atoms with E-state index in [0.29, 0.717) is 12.4 Å². The zero-order valence-corrected chi connectivity index (χ0v) is 8.88. The molecule has 0 heterocycles. The van der Waals surface area contributed by atoms with Gasteiger partial charge in [-0.3, -0.25) is 0 Å². The molecule has 2 nitrogen and oxygen atoms in total. The van der Waals surface area contributed by atoms with Gasteiger partial charge >= 0.3 is 0 Å². The van der Waals surface area contributed by atoms with E-state index in [0.717, 1.165) is 12.1 Å². The van der Waals surface area contributed by atoms with Crippen LogP contribution in [-0.4, -0.2) is 32.1 Å². The number of nitrogens with zero attached hydrogens (tertiary/aromatic N) is 1. The molecule has 0 N–H and O–H groups in total. The van der Waals surface area contributed by atoms with Crippen LogP contribution < -0.4 is 4.74 Å². The van der Waals surface area contributed by atoms with Gasteiger partial charge in [0, 0.05) is 6.54 Å². The number of aryl methyl sites for hydroxylation is 1. The van der Waals surface area contributed by atoms with Gasteiger partial charge in [0.05, 0.1) is 0 Å². The Kier molecular flexibility index (Phi) is 3.89. The maximum absolute atomic E-state index is 13.2. The SMILES string of the molecule is Cc1ccc(F)c(OCCN(C)C)c1. The van der Waals surface area contributed by atoms with Crippen LogP contribution in [0, 0.1) is 12.7 Å². The molecule has 0 atom stereocenters. The van der Waals surface area contributed by atoms with Crippen LogP contribution in [0.3, 0.4) is 0 Å². The summed E-state index contributed by atoms with van der Waals surface area (Å²) in [7, 11) is 3.91. The second-order valence-corrected chi connectivity index (χ2v) is 3.59. The monoisotopic (exact) mass is 197 g/mol. The van der Waals surface area contributed by atoms with Crippen molar-refractivity contribution in [3.63, 3.8) is 0 Å². The lowest BCUT2D eigenvalue weighted by Crippen LogP contribution is -2.19. The van der Waals surface area contributed by atoms with Crippen molar-refractivity contribution >= 4 is 0 Å². The van der Waals surface area contributed by atoms with Crippen LogP contribution in [0.1, 0.15) is 5.56 Å². The van der Waals surface area contributed by atoms with Gasteiger partial charge in [-0.2, -0.15) is 0 Å². The summed E-state index contributed by atoms with van der Waals surface area (Å²) in [6, 6.07) is 4.87. The van der Waals surface area contributed by atoms with Gasteiger partial charge in [-0.25, -0.2) is 4.39 Å². The van der Waals surface area contributed by atoms with Crippen molar-refractivity contribution in [2.45, 2.75) is 6.92 Å². The minimum absolute atomic E-state index is 0.297. The average Bonchev–Trinajstić information content (AvgIpc) is 2.10. The summed E-state index contributed by atoms with van der Waals surface area (Å²) in [6.45, 7) is 3.21. The summed E-state index contributed by atoms with van der Waals surface area (Å²) < 4.78 is 18.5. The van der Waals surface area contributed by atoms with Crippen LogP contribution in [0.4, 0.5) is 4.39 Å². The highest BCUT2D eigenvalue weighted by Gasteiger charge is 2.02. The third kappa shape index (κ3) is 3.34. The first-order valence-electron chi connectivity index (χ1n) is 4.63. The molecule has 78 valence electrons. The third-order valence-corrected chi connectivity index (χ3v) is 1.88. The van der Waals surface area contributed by atoms with Gasteiger partial charge in [0.1, 0.15) is 6.61 Å². The normalized spacial score (nSPS) is 10.6. The Bertz CT molecular complexity index is 299. The van der Waals surface area contributed by atoms with E-state index in [2.05, 4.69) is 0 Å². The number of ether oxygens (including phenoxy) is 1. The molecule has 0 aliphatic rings. The molecule has 1 aromatic rings. The quantitative estimate of drug-likeness (QED) is 0.732. The van der Waals surface area contributed by atoms with E-state index in [4.69, 9.17) is 4.74 Å². The van der Waals surface area contributed by atoms with Crippen LogP contribution in [0.25, 0.3) is 0 Å². The van der Waals surface area contributed by atoms with Crippen molar-refractivity contribution in [1.82, 2.24) is 4.90 Å². The van der Waals surface area contributed by atoms with Crippen LogP contribution in [0.15, 0.2) is 18.2 Å². The summed E-state index contributed by atoms with van der Waals surface area (Å²) in [4.78, 5) is 1.99. The molecule has 3 heteroatoms. The van der Waals surface area contributed by atoms with Gasteiger partial charge in [0.15, 0.2) is 11.6 Å². The summed E-state index contributed by atoms with van der Waals surface area (Å²) in [5, 5.41) is 0. The first kappa shape index (κ1) is 11.0. The summed E-state index contributed by atoms with van der Waals surface area (Å²) in [5.41, 5.74) is 1.01. The maximum Gasteiger partial charge on any atom is 0.165 e. The zero-order valence-electron chi connectivity index (χ0n) is 8.88. The Hall–Kier alpha value is -1.09. The van der Waals surface area contributed by atoms with Crippen molar-refractivity contribution in [3.8, 4) is 5.75 Å². The predicted octanol–water partition coefficient (Wildman–Crippen LogP) is 2.07. The minimum atomic E-state index is -0.297. The van der Waals surface area contributed by atoms with E-state index in [1.165, 1.54) is 6.07 Å². The fourth-order valence-corrected chi connectivity index (χ4v) is 1.06. The first-order valence-corrected chi connectivity index (χ1v) is 4.63. The van der Waals surface area contributed by atoms with Gasteiger partial charge in [0.2, 0.25) is 0 Å². The maximum atomic E-state index is 13.2. The molecule has 0 spiro atoms. The highest BCUT2D eigenvalue weighted by molar-refractivity contribution is 5.29. The van der Waals surface area contributed by atoms with Gasteiger partial charge in [-0.05, 0) is 38.7 Å². The Balaban J connectivity index is 2.53. The Morgan fingerprint density at radius 3 is 2.71 bits per heavy atom. The van der Waals surface area contributed by atoms with E-state index in [1.54, 1.807) is 12.1 Å². The van der Waals surface area contributed by atoms with E-state index in [9.17, 15) is 4.39 Å². The molecule has 1 rings (SSSR count). The van der Waals surface area contributed by atoms with Crippen LogP contribution in [-0.2, 0) is 0 Å². The molecule has 0 aliphatic carbocycles. The minimum Gasteiger partial charge on any atom is -0.489 e. The topological polar surface area (TPSA) is 12.5 Å². The molecular formula is C11H16FNO. The van der Waals surface area contributed by atoms with E-state index >= 15 is 0 Å². The number of hydrogen-bond donors (Lipinski definition) is 0. The van der Waals surface area contributed by atoms with Crippen molar-refractivity contribution in [1.29, 1.82) is 0 Å². The van der Waals surface area contributed by atoms with Crippen LogP contribution in [0.5, 0.6) is 5.75 Å². The molecule has 1 aromatic carbocycles. The highest BCUT2D eigenvalue weighted by atomic mass is 19.1. The van der Waals surface area contributed by atoms with Crippen molar-refractivity contribution in [2.75, 3.05) is 27.2 Å². The number of halogens is 1. The summed E-state index contributed by atoms with van der Waals surface area (Å²) in [5.74, 6) is 0.0428. The molecule has 0 saturated carbocycles. The van der Waals surface area contributed by atoms with Crippen molar-refractivity contribution < 1.29 is 9.13 Å². The Morgan fingerprint density at radius 1 is 1.36 bits per heavy atom. The highest BCUT2D eigenvalue weighted by Crippen LogP contribution is 2.17. The summed E-state index contributed by atoms with van der Waals surface area (Å²) >= 11 is 0. The molecular weight excluding hydrogens is 181 g/mol. The molecule has 0 aliphatic heterocycles. The van der Waals surface area contributed by atoms with Gasteiger partial charge in [0.25, 0.3) is 0 Å². The van der Waals surface area contributed by atoms with Crippen molar-refractivity contribution in [3.05, 3.63) is 29.6 Å². The molecule has 14 heavy (non-hydrogen) atoms. The van der Waals surface area contributed by atoms with E-state index in [1.807, 2.05) is 25.9 Å². The van der Waals surface area contributed by atoms with E-state index in [-0.39, 0.29) is 5.82 Å². The number of hydrogen-bond acceptors (Lipinski definition) is 2.